The second-order valence-corrected chi connectivity index (χ2v) is 14.0. The monoisotopic (exact) mass is 399 g/mol. The van der Waals surface area contributed by atoms with Gasteiger partial charge in [0.2, 0.25) is 0 Å². The average molecular weight is 400 g/mol. The van der Waals surface area contributed by atoms with Crippen molar-refractivity contribution in [1.29, 1.82) is 0 Å². The van der Waals surface area contributed by atoms with Crippen LogP contribution in [0.3, 0.4) is 0 Å². The summed E-state index contributed by atoms with van der Waals surface area (Å²) in [5, 5.41) is 0. The molecule has 1 saturated carbocycles. The van der Waals surface area contributed by atoms with Crippen LogP contribution in [0, 0.1) is 10.8 Å². The summed E-state index contributed by atoms with van der Waals surface area (Å²) >= 11 is 0. The van der Waals surface area contributed by atoms with E-state index in [9.17, 15) is 0 Å². The molecule has 1 aliphatic rings. The molecule has 0 aromatic heterocycles. The van der Waals surface area contributed by atoms with E-state index in [1.165, 1.54) is 36.1 Å². The molecule has 1 aliphatic carbocycles. The van der Waals surface area contributed by atoms with E-state index in [2.05, 4.69) is 113 Å². The third-order valence-corrected chi connectivity index (χ3v) is 6.95. The summed E-state index contributed by atoms with van der Waals surface area (Å²) in [5.41, 5.74) is 5.31. The van der Waals surface area contributed by atoms with E-state index in [0.717, 1.165) is 0 Å². The summed E-state index contributed by atoms with van der Waals surface area (Å²) in [7, 11) is 0. The van der Waals surface area contributed by atoms with Gasteiger partial charge in [0.25, 0.3) is 0 Å². The van der Waals surface area contributed by atoms with Crippen LogP contribution in [0.4, 0.5) is 5.69 Å². The highest BCUT2D eigenvalue weighted by Crippen LogP contribution is 2.57. The molecule has 0 amide bonds. The van der Waals surface area contributed by atoms with E-state index in [-0.39, 0.29) is 16.5 Å². The molecule has 0 saturated heterocycles. The summed E-state index contributed by atoms with van der Waals surface area (Å²) in [6.07, 6.45) is 4.00. The lowest BCUT2D eigenvalue weighted by molar-refractivity contribution is 0.0726. The molecule has 0 heterocycles. The summed E-state index contributed by atoms with van der Waals surface area (Å²) < 4.78 is 0. The highest BCUT2D eigenvalue weighted by atomic mass is 15.2. The Morgan fingerprint density at radius 3 is 1.59 bits per heavy atom. The second-order valence-electron chi connectivity index (χ2n) is 14.0. The molecule has 1 aromatic rings. The van der Waals surface area contributed by atoms with Crippen LogP contribution in [0.15, 0.2) is 18.2 Å². The van der Waals surface area contributed by atoms with Gasteiger partial charge in [0.05, 0.1) is 0 Å². The van der Waals surface area contributed by atoms with Crippen molar-refractivity contribution in [3.05, 3.63) is 29.3 Å². The summed E-state index contributed by atoms with van der Waals surface area (Å²) in [5.74, 6) is 0.594. The minimum absolute atomic E-state index is 0.0587. The highest BCUT2D eigenvalue weighted by Gasteiger charge is 2.45. The topological polar surface area (TPSA) is 3.24 Å². The first kappa shape index (κ1) is 24.3. The summed E-state index contributed by atoms with van der Waals surface area (Å²) in [6, 6.07) is 7.46. The fourth-order valence-electron chi connectivity index (χ4n) is 6.51. The van der Waals surface area contributed by atoms with Crippen LogP contribution in [0.5, 0.6) is 0 Å². The van der Waals surface area contributed by atoms with E-state index in [1.54, 1.807) is 0 Å². The number of anilines is 1. The first-order chi connectivity index (χ1) is 12.8. The van der Waals surface area contributed by atoms with E-state index in [1.807, 2.05) is 0 Å². The number of nitrogens with zero attached hydrogens (tertiary/aromatic N) is 1. The van der Waals surface area contributed by atoms with Gasteiger partial charge >= 0.3 is 0 Å². The van der Waals surface area contributed by atoms with Crippen molar-refractivity contribution in [3.63, 3.8) is 0 Å². The molecule has 1 heteroatoms. The van der Waals surface area contributed by atoms with Crippen molar-refractivity contribution in [2.75, 3.05) is 4.90 Å². The molecule has 2 rings (SSSR count). The molecule has 0 atom stereocenters. The van der Waals surface area contributed by atoms with Crippen molar-refractivity contribution >= 4 is 5.69 Å². The van der Waals surface area contributed by atoms with Crippen LogP contribution in [0.1, 0.15) is 126 Å². The fraction of sp³-hybridized carbons (Fsp3) is 0.786. The SMILES string of the molecule is CC(C)(C)c1cc(C2C(C)(C)CCCC2(C)C)ccc1N(C(C)(C)C)C(C)(C)C. The largest absolute Gasteiger partial charge is 0.362 e. The Labute approximate surface area is 182 Å². The van der Waals surface area contributed by atoms with Gasteiger partial charge in [0, 0.05) is 16.8 Å². The fourth-order valence-corrected chi connectivity index (χ4v) is 6.51. The second kappa shape index (κ2) is 7.31. The highest BCUT2D eigenvalue weighted by molar-refractivity contribution is 5.61. The lowest BCUT2D eigenvalue weighted by Crippen LogP contribution is -2.53. The van der Waals surface area contributed by atoms with E-state index >= 15 is 0 Å². The molecular formula is C28H49N. The van der Waals surface area contributed by atoms with Crippen LogP contribution in [0.25, 0.3) is 0 Å². The predicted molar refractivity (Wildman–Crippen MR) is 131 cm³/mol. The third kappa shape index (κ3) is 5.02. The van der Waals surface area contributed by atoms with Gasteiger partial charge in [-0.3, -0.25) is 0 Å². The van der Waals surface area contributed by atoms with Gasteiger partial charge in [-0.25, -0.2) is 0 Å². The summed E-state index contributed by atoms with van der Waals surface area (Å²) in [6.45, 7) is 31.1. The Balaban J connectivity index is 2.73. The lowest BCUT2D eigenvalue weighted by atomic mass is 9.55. The molecular weight excluding hydrogens is 350 g/mol. The minimum Gasteiger partial charge on any atom is -0.362 e. The van der Waals surface area contributed by atoms with Gasteiger partial charge in [-0.2, -0.15) is 0 Å². The van der Waals surface area contributed by atoms with Crippen molar-refractivity contribution in [3.8, 4) is 0 Å². The molecule has 1 fully saturated rings. The molecule has 0 radical (unpaired) electrons. The quantitative estimate of drug-likeness (QED) is 0.480. The molecule has 1 aromatic carbocycles. The van der Waals surface area contributed by atoms with E-state index in [0.29, 0.717) is 16.7 Å². The zero-order valence-corrected chi connectivity index (χ0v) is 21.9. The van der Waals surface area contributed by atoms with Gasteiger partial charge < -0.3 is 4.90 Å². The molecule has 0 bridgehead atoms. The van der Waals surface area contributed by atoms with Gasteiger partial charge in [0.15, 0.2) is 0 Å². The van der Waals surface area contributed by atoms with Crippen LogP contribution in [0.2, 0.25) is 0 Å². The Bertz CT molecular complexity index is 686. The normalized spacial score (nSPS) is 20.6. The molecule has 1 nitrogen and oxygen atoms in total. The van der Waals surface area contributed by atoms with Gasteiger partial charge in [-0.15, -0.1) is 0 Å². The smallest absolute Gasteiger partial charge is 0.0413 e. The van der Waals surface area contributed by atoms with Crippen LogP contribution in [-0.4, -0.2) is 11.1 Å². The average Bonchev–Trinajstić information content (AvgIpc) is 2.42. The number of hydrogen-bond donors (Lipinski definition) is 0. The first-order valence-corrected chi connectivity index (χ1v) is 11.7. The maximum atomic E-state index is 2.63. The van der Waals surface area contributed by atoms with E-state index in [4.69, 9.17) is 0 Å². The zero-order valence-electron chi connectivity index (χ0n) is 21.9. The lowest BCUT2D eigenvalue weighted by Gasteiger charge is -2.51. The van der Waals surface area contributed by atoms with Gasteiger partial charge in [-0.05, 0) is 93.7 Å². The zero-order chi connectivity index (χ0) is 22.6. The molecule has 0 spiro atoms. The Hall–Kier alpha value is -0.980. The van der Waals surface area contributed by atoms with Crippen molar-refractivity contribution in [2.24, 2.45) is 10.8 Å². The third-order valence-electron chi connectivity index (χ3n) is 6.95. The molecule has 0 N–H and O–H groups in total. The predicted octanol–water partition coefficient (Wildman–Crippen LogP) is 8.71. The molecule has 166 valence electrons. The van der Waals surface area contributed by atoms with Crippen molar-refractivity contribution < 1.29 is 0 Å². The molecule has 0 aliphatic heterocycles. The first-order valence-electron chi connectivity index (χ1n) is 11.7. The van der Waals surface area contributed by atoms with Crippen molar-refractivity contribution in [2.45, 2.75) is 132 Å². The Morgan fingerprint density at radius 2 is 1.21 bits per heavy atom. The maximum Gasteiger partial charge on any atom is 0.0413 e. The Morgan fingerprint density at radius 1 is 0.759 bits per heavy atom. The van der Waals surface area contributed by atoms with Crippen molar-refractivity contribution in [1.82, 2.24) is 0 Å². The molecule has 29 heavy (non-hydrogen) atoms. The van der Waals surface area contributed by atoms with Gasteiger partial charge in [0.1, 0.15) is 0 Å². The number of rotatable bonds is 2. The molecule has 0 unspecified atom stereocenters. The minimum atomic E-state index is 0.0587. The van der Waals surface area contributed by atoms with Crippen LogP contribution < -0.4 is 4.90 Å². The van der Waals surface area contributed by atoms with Crippen LogP contribution in [-0.2, 0) is 5.41 Å². The maximum absolute atomic E-state index is 2.63. The van der Waals surface area contributed by atoms with E-state index < -0.39 is 0 Å². The Kier molecular flexibility index (Phi) is 6.12. The number of hydrogen-bond acceptors (Lipinski definition) is 1. The standard InChI is InChI=1S/C28H49N/c1-24(2,3)21-19-20(23-27(10,11)17-14-18-28(23,12)13)15-16-22(21)29(25(4,5)6)26(7,8)9/h15-16,19,23H,14,17-18H2,1-13H3. The summed E-state index contributed by atoms with van der Waals surface area (Å²) in [4.78, 5) is 2.63. The van der Waals surface area contributed by atoms with Gasteiger partial charge in [-0.1, -0.05) is 67.0 Å². The van der Waals surface area contributed by atoms with Crippen LogP contribution >= 0.6 is 0 Å². The number of benzene rings is 1.